The van der Waals surface area contributed by atoms with Gasteiger partial charge in [0.1, 0.15) is 6.04 Å². The van der Waals surface area contributed by atoms with Crippen LogP contribution in [0.1, 0.15) is 44.2 Å². The van der Waals surface area contributed by atoms with Crippen LogP contribution in [0.4, 0.5) is 0 Å². The number of ether oxygens (including phenoxy) is 2. The summed E-state index contributed by atoms with van der Waals surface area (Å²) in [6.45, 7) is 4.58. The minimum Gasteiger partial charge on any atom is -0.493 e. The summed E-state index contributed by atoms with van der Waals surface area (Å²) in [6, 6.07) is 10.1. The molecule has 0 unspecified atom stereocenters. The molecule has 33 heavy (non-hydrogen) atoms. The number of carbonyl (C=O) groups is 2. The Morgan fingerprint density at radius 2 is 1.79 bits per heavy atom. The normalized spacial score (nSPS) is 11.6. The highest BCUT2D eigenvalue weighted by Gasteiger charge is 2.26. The molecular formula is C25H32Cl2N2O4. The van der Waals surface area contributed by atoms with E-state index in [9.17, 15) is 9.59 Å². The summed E-state index contributed by atoms with van der Waals surface area (Å²) < 4.78 is 10.6. The summed E-state index contributed by atoms with van der Waals surface area (Å²) in [5.74, 6) is 0.904. The molecule has 8 heteroatoms. The van der Waals surface area contributed by atoms with Crippen LogP contribution in [0.5, 0.6) is 11.5 Å². The lowest BCUT2D eigenvalue weighted by Gasteiger charge is -2.29. The molecule has 2 aromatic rings. The topological polar surface area (TPSA) is 67.9 Å². The van der Waals surface area contributed by atoms with Crippen LogP contribution in [0.25, 0.3) is 0 Å². The van der Waals surface area contributed by atoms with E-state index in [-0.39, 0.29) is 24.8 Å². The smallest absolute Gasteiger partial charge is 0.242 e. The highest BCUT2D eigenvalue weighted by molar-refractivity contribution is 6.35. The number of nitrogens with one attached hydrogen (secondary N) is 1. The van der Waals surface area contributed by atoms with E-state index in [4.69, 9.17) is 32.7 Å². The molecule has 1 atom stereocenters. The fraction of sp³-hybridized carbons (Fsp3) is 0.440. The lowest BCUT2D eigenvalue weighted by molar-refractivity contribution is -0.140. The Morgan fingerprint density at radius 3 is 2.42 bits per heavy atom. The third-order valence-corrected chi connectivity index (χ3v) is 6.02. The molecule has 0 radical (unpaired) electrons. The van der Waals surface area contributed by atoms with Crippen molar-refractivity contribution >= 4 is 35.0 Å². The van der Waals surface area contributed by atoms with Crippen LogP contribution < -0.4 is 14.8 Å². The van der Waals surface area contributed by atoms with Crippen molar-refractivity contribution in [1.29, 1.82) is 0 Å². The van der Waals surface area contributed by atoms with Gasteiger partial charge in [-0.2, -0.15) is 0 Å². The summed E-state index contributed by atoms with van der Waals surface area (Å²) in [5.41, 5.74) is 1.67. The predicted molar refractivity (Wildman–Crippen MR) is 132 cm³/mol. The fourth-order valence-corrected chi connectivity index (χ4v) is 3.85. The van der Waals surface area contributed by atoms with Gasteiger partial charge in [-0.1, -0.05) is 48.7 Å². The van der Waals surface area contributed by atoms with E-state index >= 15 is 0 Å². The van der Waals surface area contributed by atoms with Crippen LogP contribution in [0.15, 0.2) is 36.4 Å². The van der Waals surface area contributed by atoms with Gasteiger partial charge in [-0.05, 0) is 55.2 Å². The van der Waals surface area contributed by atoms with Crippen molar-refractivity contribution in [3.63, 3.8) is 0 Å². The number of methoxy groups -OCH3 is 2. The van der Waals surface area contributed by atoms with Crippen molar-refractivity contribution < 1.29 is 19.1 Å². The van der Waals surface area contributed by atoms with E-state index in [1.165, 1.54) is 0 Å². The lowest BCUT2D eigenvalue weighted by Crippen LogP contribution is -2.47. The first-order chi connectivity index (χ1) is 15.8. The van der Waals surface area contributed by atoms with Crippen LogP contribution >= 0.6 is 23.2 Å². The number of benzene rings is 2. The van der Waals surface area contributed by atoms with Crippen molar-refractivity contribution in [3.8, 4) is 11.5 Å². The molecule has 2 amide bonds. The number of halogens is 2. The molecule has 0 aromatic heterocycles. The van der Waals surface area contributed by atoms with E-state index in [1.54, 1.807) is 44.2 Å². The predicted octanol–water partition coefficient (Wildman–Crippen LogP) is 5.28. The molecule has 6 nitrogen and oxygen atoms in total. The standard InChI is InChI=1S/C25H32Cl2N2O4/c1-5-6-13-28-25(31)17(2)29(16-19-9-10-20(26)15-21(19)27)24(30)12-8-18-7-11-22(32-3)23(14-18)33-4/h7,9-11,14-15,17H,5-6,8,12-13,16H2,1-4H3,(H,28,31)/t17-/m0/s1. The third-order valence-electron chi connectivity index (χ3n) is 5.43. The zero-order chi connectivity index (χ0) is 24.4. The van der Waals surface area contributed by atoms with Crippen molar-refractivity contribution in [1.82, 2.24) is 10.2 Å². The first-order valence-corrected chi connectivity index (χ1v) is 11.8. The molecule has 180 valence electrons. The molecule has 0 fully saturated rings. The molecule has 0 saturated carbocycles. The van der Waals surface area contributed by atoms with Gasteiger partial charge in [0, 0.05) is 29.6 Å². The highest BCUT2D eigenvalue weighted by atomic mass is 35.5. The fourth-order valence-electron chi connectivity index (χ4n) is 3.38. The summed E-state index contributed by atoms with van der Waals surface area (Å²) in [5, 5.41) is 3.88. The number of nitrogens with zero attached hydrogens (tertiary/aromatic N) is 1. The van der Waals surface area contributed by atoms with E-state index in [0.717, 1.165) is 24.0 Å². The molecule has 2 rings (SSSR count). The van der Waals surface area contributed by atoms with Crippen molar-refractivity contribution in [2.45, 2.75) is 52.1 Å². The number of aryl methyl sites for hydroxylation is 1. The van der Waals surface area contributed by atoms with Crippen molar-refractivity contribution in [2.75, 3.05) is 20.8 Å². The Balaban J connectivity index is 2.18. The molecule has 0 heterocycles. The SMILES string of the molecule is CCCCNC(=O)[C@H](C)N(Cc1ccc(Cl)cc1Cl)C(=O)CCc1ccc(OC)c(OC)c1. The number of hydrogen-bond acceptors (Lipinski definition) is 4. The molecular weight excluding hydrogens is 463 g/mol. The second-order valence-corrected chi connectivity index (χ2v) is 8.61. The maximum atomic E-state index is 13.3. The second kappa shape index (κ2) is 13.3. The molecule has 0 spiro atoms. The van der Waals surface area contributed by atoms with E-state index in [0.29, 0.717) is 34.5 Å². The Labute approximate surface area is 206 Å². The number of amides is 2. The number of unbranched alkanes of at least 4 members (excludes halogenated alkanes) is 1. The van der Waals surface area contributed by atoms with E-state index < -0.39 is 6.04 Å². The molecule has 2 aromatic carbocycles. The zero-order valence-corrected chi connectivity index (χ0v) is 21.1. The Bertz CT molecular complexity index is 952. The first-order valence-electron chi connectivity index (χ1n) is 11.0. The number of carbonyl (C=O) groups excluding carboxylic acids is 2. The third kappa shape index (κ3) is 7.83. The van der Waals surface area contributed by atoms with Crippen LogP contribution in [-0.4, -0.2) is 43.5 Å². The molecule has 1 N–H and O–H groups in total. The number of rotatable bonds is 12. The zero-order valence-electron chi connectivity index (χ0n) is 19.6. The van der Waals surface area contributed by atoms with Gasteiger partial charge < -0.3 is 19.7 Å². The Hall–Kier alpha value is -2.44. The summed E-state index contributed by atoms with van der Waals surface area (Å²) in [4.78, 5) is 27.6. The van der Waals surface area contributed by atoms with Gasteiger partial charge in [-0.15, -0.1) is 0 Å². The molecule has 0 aliphatic heterocycles. The molecule has 0 aliphatic carbocycles. The summed E-state index contributed by atoms with van der Waals surface area (Å²) in [6.07, 6.45) is 2.58. The molecule has 0 aliphatic rings. The lowest BCUT2D eigenvalue weighted by atomic mass is 10.1. The van der Waals surface area contributed by atoms with Crippen LogP contribution in [-0.2, 0) is 22.6 Å². The highest BCUT2D eigenvalue weighted by Crippen LogP contribution is 2.28. The maximum absolute atomic E-state index is 13.3. The van der Waals surface area contributed by atoms with Gasteiger partial charge in [-0.25, -0.2) is 0 Å². The van der Waals surface area contributed by atoms with Crippen molar-refractivity contribution in [2.24, 2.45) is 0 Å². The first kappa shape index (κ1) is 26.8. The number of hydrogen-bond donors (Lipinski definition) is 1. The summed E-state index contributed by atoms with van der Waals surface area (Å²) in [7, 11) is 3.15. The minimum atomic E-state index is -0.647. The second-order valence-electron chi connectivity index (χ2n) is 7.77. The van der Waals surface area contributed by atoms with Gasteiger partial charge in [0.15, 0.2) is 11.5 Å². The van der Waals surface area contributed by atoms with E-state index in [2.05, 4.69) is 12.2 Å². The largest absolute Gasteiger partial charge is 0.493 e. The van der Waals surface area contributed by atoms with Gasteiger partial charge >= 0.3 is 0 Å². The van der Waals surface area contributed by atoms with Crippen LogP contribution in [0.3, 0.4) is 0 Å². The molecule has 0 saturated heterocycles. The quantitative estimate of drug-likeness (QED) is 0.407. The minimum absolute atomic E-state index is 0.144. The van der Waals surface area contributed by atoms with Gasteiger partial charge in [-0.3, -0.25) is 9.59 Å². The Morgan fingerprint density at radius 1 is 1.06 bits per heavy atom. The summed E-state index contributed by atoms with van der Waals surface area (Å²) >= 11 is 12.4. The van der Waals surface area contributed by atoms with Gasteiger partial charge in [0.2, 0.25) is 11.8 Å². The van der Waals surface area contributed by atoms with Gasteiger partial charge in [0.05, 0.1) is 14.2 Å². The monoisotopic (exact) mass is 494 g/mol. The average Bonchev–Trinajstić information content (AvgIpc) is 2.81. The van der Waals surface area contributed by atoms with Crippen molar-refractivity contribution in [3.05, 3.63) is 57.6 Å². The Kier molecular flexibility index (Phi) is 10.8. The van der Waals surface area contributed by atoms with Crippen LogP contribution in [0.2, 0.25) is 10.0 Å². The van der Waals surface area contributed by atoms with Crippen LogP contribution in [0, 0.1) is 0 Å². The maximum Gasteiger partial charge on any atom is 0.242 e. The van der Waals surface area contributed by atoms with E-state index in [1.807, 2.05) is 18.2 Å². The molecule has 0 bridgehead atoms. The van der Waals surface area contributed by atoms with Gasteiger partial charge in [0.25, 0.3) is 0 Å². The average molecular weight is 495 g/mol.